The number of anilines is 1. The van der Waals surface area contributed by atoms with Gasteiger partial charge in [-0.3, -0.25) is 0 Å². The van der Waals surface area contributed by atoms with Gasteiger partial charge in [0.25, 0.3) is 0 Å². The molecular weight excluding hydrogens is 210 g/mol. The van der Waals surface area contributed by atoms with Crippen LogP contribution < -0.4 is 5.32 Å². The summed E-state index contributed by atoms with van der Waals surface area (Å²) in [4.78, 5) is 0. The topological polar surface area (TPSA) is 21.3 Å². The number of benzene rings is 1. The van der Waals surface area contributed by atoms with E-state index in [2.05, 4.69) is 36.2 Å². The van der Waals surface area contributed by atoms with Gasteiger partial charge in [0, 0.05) is 5.69 Å². The van der Waals surface area contributed by atoms with Crippen LogP contribution in [0, 0.1) is 0 Å². The van der Waals surface area contributed by atoms with Crippen molar-refractivity contribution in [2.75, 3.05) is 11.9 Å². The number of nitrogens with one attached hydrogen (secondary N) is 1. The summed E-state index contributed by atoms with van der Waals surface area (Å²) < 4.78 is 5.84. The number of ether oxygens (including phenoxy) is 1. The maximum Gasteiger partial charge on any atom is 0.0780 e. The summed E-state index contributed by atoms with van der Waals surface area (Å²) in [5, 5.41) is 3.58. The zero-order valence-corrected chi connectivity index (χ0v) is 10.3. The van der Waals surface area contributed by atoms with Crippen LogP contribution in [0.4, 0.5) is 5.69 Å². The summed E-state index contributed by atoms with van der Waals surface area (Å²) in [6.07, 6.45) is 7.05. The molecule has 0 aliphatic heterocycles. The van der Waals surface area contributed by atoms with Gasteiger partial charge in [0.1, 0.15) is 0 Å². The fourth-order valence-corrected chi connectivity index (χ4v) is 2.40. The molecule has 1 fully saturated rings. The Morgan fingerprint density at radius 2 is 2.00 bits per heavy atom. The van der Waals surface area contributed by atoms with E-state index in [1.807, 2.05) is 12.1 Å². The van der Waals surface area contributed by atoms with E-state index in [1.54, 1.807) is 0 Å². The van der Waals surface area contributed by atoms with Crippen molar-refractivity contribution in [2.45, 2.75) is 37.8 Å². The van der Waals surface area contributed by atoms with Crippen LogP contribution in [-0.4, -0.2) is 18.8 Å². The first kappa shape index (κ1) is 12.2. The molecule has 2 nitrogen and oxygen atoms in total. The Morgan fingerprint density at radius 1 is 1.24 bits per heavy atom. The Kier molecular flexibility index (Phi) is 4.63. The van der Waals surface area contributed by atoms with Crippen LogP contribution in [0.5, 0.6) is 0 Å². The van der Waals surface area contributed by atoms with Gasteiger partial charge in [-0.15, -0.1) is 6.58 Å². The molecular formula is C15H21NO. The van der Waals surface area contributed by atoms with Crippen LogP contribution in [0.15, 0.2) is 43.0 Å². The van der Waals surface area contributed by atoms with Gasteiger partial charge in [0.15, 0.2) is 0 Å². The maximum atomic E-state index is 5.84. The zero-order valence-electron chi connectivity index (χ0n) is 10.3. The largest absolute Gasteiger partial charge is 0.380 e. The average molecular weight is 231 g/mol. The molecule has 0 bridgehead atoms. The van der Waals surface area contributed by atoms with E-state index in [1.165, 1.54) is 24.9 Å². The summed E-state index contributed by atoms with van der Waals surface area (Å²) in [5.41, 5.74) is 1.19. The molecule has 1 saturated carbocycles. The molecule has 1 aliphatic rings. The molecule has 1 aromatic carbocycles. The molecule has 1 aromatic rings. The van der Waals surface area contributed by atoms with Crippen LogP contribution in [0.25, 0.3) is 0 Å². The zero-order chi connectivity index (χ0) is 11.9. The van der Waals surface area contributed by atoms with Crippen molar-refractivity contribution in [2.24, 2.45) is 0 Å². The number of hydrogen-bond donors (Lipinski definition) is 1. The number of rotatable bonds is 5. The molecule has 0 aromatic heterocycles. The van der Waals surface area contributed by atoms with Gasteiger partial charge >= 0.3 is 0 Å². The van der Waals surface area contributed by atoms with Crippen LogP contribution in [0.3, 0.4) is 0 Å². The number of hydrogen-bond acceptors (Lipinski definition) is 2. The Hall–Kier alpha value is -1.28. The molecule has 2 atom stereocenters. The summed E-state index contributed by atoms with van der Waals surface area (Å²) in [7, 11) is 0. The Bertz CT molecular complexity index is 336. The first-order chi connectivity index (χ1) is 8.40. The third-order valence-corrected chi connectivity index (χ3v) is 3.26. The van der Waals surface area contributed by atoms with Crippen molar-refractivity contribution in [1.82, 2.24) is 0 Å². The highest BCUT2D eigenvalue weighted by Gasteiger charge is 2.25. The quantitative estimate of drug-likeness (QED) is 0.782. The minimum atomic E-state index is 0.321. The fraction of sp³-hybridized carbons (Fsp3) is 0.467. The van der Waals surface area contributed by atoms with E-state index in [0.29, 0.717) is 18.8 Å². The smallest absolute Gasteiger partial charge is 0.0780 e. The van der Waals surface area contributed by atoms with Gasteiger partial charge in [-0.05, 0) is 25.0 Å². The van der Waals surface area contributed by atoms with Gasteiger partial charge in [-0.2, -0.15) is 0 Å². The molecule has 1 aliphatic carbocycles. The molecule has 0 amide bonds. The van der Waals surface area contributed by atoms with Gasteiger partial charge in [-0.25, -0.2) is 0 Å². The first-order valence-corrected chi connectivity index (χ1v) is 6.44. The van der Waals surface area contributed by atoms with Crippen molar-refractivity contribution >= 4 is 5.69 Å². The standard InChI is InChI=1S/C15H21NO/c1-2-12-17-15-11-7-6-10-14(15)16-13-8-4-3-5-9-13/h2-5,8-9,14-16H,1,6-7,10-12H2/t14-,15+/m0/s1. The van der Waals surface area contributed by atoms with Crippen molar-refractivity contribution in [3.8, 4) is 0 Å². The monoisotopic (exact) mass is 231 g/mol. The molecule has 0 spiro atoms. The molecule has 0 radical (unpaired) electrons. The lowest BCUT2D eigenvalue weighted by Crippen LogP contribution is -2.38. The molecule has 1 N–H and O–H groups in total. The van der Waals surface area contributed by atoms with Gasteiger partial charge in [-0.1, -0.05) is 37.1 Å². The van der Waals surface area contributed by atoms with Gasteiger partial charge in [0.05, 0.1) is 18.8 Å². The third-order valence-electron chi connectivity index (χ3n) is 3.26. The maximum absolute atomic E-state index is 5.84. The lowest BCUT2D eigenvalue weighted by atomic mass is 9.92. The second-order valence-corrected chi connectivity index (χ2v) is 4.56. The molecule has 92 valence electrons. The predicted molar refractivity (Wildman–Crippen MR) is 72.3 cm³/mol. The SMILES string of the molecule is C=CCO[C@@H]1CCCC[C@@H]1Nc1ccccc1. The van der Waals surface area contributed by atoms with E-state index in [-0.39, 0.29) is 0 Å². The van der Waals surface area contributed by atoms with Crippen LogP contribution >= 0.6 is 0 Å². The normalized spacial score (nSPS) is 24.2. The van der Waals surface area contributed by atoms with E-state index in [0.717, 1.165) is 6.42 Å². The molecule has 0 unspecified atom stereocenters. The first-order valence-electron chi connectivity index (χ1n) is 6.44. The van der Waals surface area contributed by atoms with Crippen LogP contribution in [0.2, 0.25) is 0 Å². The van der Waals surface area contributed by atoms with E-state index in [9.17, 15) is 0 Å². The molecule has 0 heterocycles. The minimum Gasteiger partial charge on any atom is -0.380 e. The Labute approximate surface area is 104 Å². The lowest BCUT2D eigenvalue weighted by molar-refractivity contribution is 0.0375. The van der Waals surface area contributed by atoms with E-state index < -0.39 is 0 Å². The third kappa shape index (κ3) is 3.60. The number of para-hydroxylation sites is 1. The summed E-state index contributed by atoms with van der Waals surface area (Å²) in [6, 6.07) is 10.8. The summed E-state index contributed by atoms with van der Waals surface area (Å²) >= 11 is 0. The highest BCUT2D eigenvalue weighted by molar-refractivity contribution is 5.43. The van der Waals surface area contributed by atoms with Crippen molar-refractivity contribution in [1.29, 1.82) is 0 Å². The van der Waals surface area contributed by atoms with E-state index >= 15 is 0 Å². The molecule has 17 heavy (non-hydrogen) atoms. The molecule has 2 rings (SSSR count). The minimum absolute atomic E-state index is 0.321. The Morgan fingerprint density at radius 3 is 2.76 bits per heavy atom. The summed E-state index contributed by atoms with van der Waals surface area (Å²) in [5.74, 6) is 0. The second-order valence-electron chi connectivity index (χ2n) is 4.56. The fourth-order valence-electron chi connectivity index (χ4n) is 2.40. The predicted octanol–water partition coefficient (Wildman–Crippen LogP) is 3.61. The lowest BCUT2D eigenvalue weighted by Gasteiger charge is -2.32. The van der Waals surface area contributed by atoms with E-state index in [4.69, 9.17) is 4.74 Å². The highest BCUT2D eigenvalue weighted by atomic mass is 16.5. The second kappa shape index (κ2) is 6.45. The van der Waals surface area contributed by atoms with Crippen molar-refractivity contribution in [3.05, 3.63) is 43.0 Å². The van der Waals surface area contributed by atoms with Crippen LogP contribution in [-0.2, 0) is 4.74 Å². The van der Waals surface area contributed by atoms with Crippen molar-refractivity contribution in [3.63, 3.8) is 0 Å². The Balaban J connectivity index is 1.94. The van der Waals surface area contributed by atoms with Gasteiger partial charge < -0.3 is 10.1 Å². The molecule has 0 saturated heterocycles. The van der Waals surface area contributed by atoms with Crippen molar-refractivity contribution < 1.29 is 4.74 Å². The van der Waals surface area contributed by atoms with Gasteiger partial charge in [0.2, 0.25) is 0 Å². The molecule has 2 heteroatoms. The summed E-state index contributed by atoms with van der Waals surface area (Å²) in [6.45, 7) is 4.36. The average Bonchev–Trinajstić information content (AvgIpc) is 2.39. The highest BCUT2D eigenvalue weighted by Crippen LogP contribution is 2.24. The van der Waals surface area contributed by atoms with Crippen LogP contribution in [0.1, 0.15) is 25.7 Å².